The van der Waals surface area contributed by atoms with Crippen molar-refractivity contribution in [3.8, 4) is 0 Å². The van der Waals surface area contributed by atoms with E-state index in [1.807, 2.05) is 0 Å². The molecule has 0 radical (unpaired) electrons. The zero-order valence-corrected chi connectivity index (χ0v) is 13.0. The van der Waals surface area contributed by atoms with E-state index in [-0.39, 0.29) is 11.7 Å². The van der Waals surface area contributed by atoms with E-state index in [0.717, 1.165) is 5.41 Å². The molecule has 6 heteroatoms. The van der Waals surface area contributed by atoms with Gasteiger partial charge in [0.15, 0.2) is 9.84 Å². The standard InChI is InChI=1S/C15H18FNO3S/c1-15(2,3)14(18)17(12-6-4-11(16)5-7-12)13-8-9-21(19,20)10-13/h4-9,13H,10H2,1-3H3/t13-/m0/s1. The van der Waals surface area contributed by atoms with Crippen LogP contribution in [0.5, 0.6) is 0 Å². The van der Waals surface area contributed by atoms with Crippen molar-refractivity contribution >= 4 is 21.4 Å². The second-order valence-corrected chi connectivity index (χ2v) is 8.06. The summed E-state index contributed by atoms with van der Waals surface area (Å²) in [7, 11) is -3.28. The van der Waals surface area contributed by atoms with Crippen LogP contribution in [0.1, 0.15) is 20.8 Å². The molecule has 1 atom stereocenters. The van der Waals surface area contributed by atoms with Gasteiger partial charge in [0, 0.05) is 16.5 Å². The van der Waals surface area contributed by atoms with Gasteiger partial charge in [-0.1, -0.05) is 20.8 Å². The van der Waals surface area contributed by atoms with Gasteiger partial charge in [0.1, 0.15) is 5.82 Å². The average Bonchev–Trinajstić information content (AvgIpc) is 2.71. The third kappa shape index (κ3) is 3.50. The maximum Gasteiger partial charge on any atom is 0.232 e. The van der Waals surface area contributed by atoms with Crippen molar-refractivity contribution in [2.24, 2.45) is 5.41 Å². The van der Waals surface area contributed by atoms with E-state index in [9.17, 15) is 17.6 Å². The summed E-state index contributed by atoms with van der Waals surface area (Å²) in [6, 6.07) is 4.92. The number of rotatable bonds is 2. The normalized spacial score (nSPS) is 20.5. The molecule has 2 rings (SSSR count). The van der Waals surface area contributed by atoms with Crippen LogP contribution < -0.4 is 4.90 Å². The van der Waals surface area contributed by atoms with Crippen LogP contribution in [0.3, 0.4) is 0 Å². The Balaban J connectivity index is 2.43. The number of carbonyl (C=O) groups is 1. The quantitative estimate of drug-likeness (QED) is 0.843. The third-order valence-electron chi connectivity index (χ3n) is 3.21. The number of sulfone groups is 1. The van der Waals surface area contributed by atoms with Crippen LogP contribution in [-0.4, -0.2) is 26.1 Å². The predicted octanol–water partition coefficient (Wildman–Crippen LogP) is 2.52. The van der Waals surface area contributed by atoms with Gasteiger partial charge in [0.05, 0.1) is 11.8 Å². The minimum Gasteiger partial charge on any atom is -0.304 e. The summed E-state index contributed by atoms with van der Waals surface area (Å²) < 4.78 is 36.3. The first-order valence-electron chi connectivity index (χ1n) is 6.60. The molecule has 1 aromatic carbocycles. The summed E-state index contributed by atoms with van der Waals surface area (Å²) in [4.78, 5) is 14.1. The number of halogens is 1. The van der Waals surface area contributed by atoms with Gasteiger partial charge in [-0.05, 0) is 30.3 Å². The largest absolute Gasteiger partial charge is 0.304 e. The molecular formula is C15H18FNO3S. The first-order chi connectivity index (χ1) is 9.60. The summed E-state index contributed by atoms with van der Waals surface area (Å²) in [5.41, 5.74) is -0.183. The molecule has 0 spiro atoms. The molecule has 1 aliphatic rings. The van der Waals surface area contributed by atoms with E-state index < -0.39 is 27.1 Å². The second-order valence-electron chi connectivity index (χ2n) is 6.13. The molecule has 0 aliphatic carbocycles. The zero-order chi connectivity index (χ0) is 15.8. The van der Waals surface area contributed by atoms with Crippen LogP contribution in [0.25, 0.3) is 0 Å². The molecule has 0 bridgehead atoms. The van der Waals surface area contributed by atoms with Crippen LogP contribution >= 0.6 is 0 Å². The van der Waals surface area contributed by atoms with Crippen molar-refractivity contribution in [2.75, 3.05) is 10.7 Å². The van der Waals surface area contributed by atoms with Gasteiger partial charge >= 0.3 is 0 Å². The van der Waals surface area contributed by atoms with Gasteiger partial charge in [0.2, 0.25) is 5.91 Å². The molecule has 0 saturated carbocycles. The molecule has 0 aromatic heterocycles. The van der Waals surface area contributed by atoms with Gasteiger partial charge in [-0.25, -0.2) is 12.8 Å². The highest BCUT2D eigenvalue weighted by molar-refractivity contribution is 7.94. The minimum absolute atomic E-state index is 0.147. The van der Waals surface area contributed by atoms with E-state index in [1.54, 1.807) is 20.8 Å². The number of benzene rings is 1. The van der Waals surface area contributed by atoms with E-state index in [1.165, 1.54) is 35.2 Å². The Hall–Kier alpha value is -1.69. The van der Waals surface area contributed by atoms with Crippen molar-refractivity contribution < 1.29 is 17.6 Å². The molecule has 1 heterocycles. The van der Waals surface area contributed by atoms with Crippen LogP contribution in [0.15, 0.2) is 35.7 Å². The van der Waals surface area contributed by atoms with E-state index >= 15 is 0 Å². The lowest BCUT2D eigenvalue weighted by Crippen LogP contribution is -2.46. The topological polar surface area (TPSA) is 54.5 Å². The number of hydrogen-bond donors (Lipinski definition) is 0. The van der Waals surface area contributed by atoms with Crippen LogP contribution in [0.4, 0.5) is 10.1 Å². The maximum absolute atomic E-state index is 13.1. The van der Waals surface area contributed by atoms with Crippen molar-refractivity contribution in [3.05, 3.63) is 41.6 Å². The molecule has 4 nitrogen and oxygen atoms in total. The van der Waals surface area contributed by atoms with Crippen LogP contribution in [0, 0.1) is 11.2 Å². The van der Waals surface area contributed by atoms with Gasteiger partial charge in [-0.3, -0.25) is 4.79 Å². The molecule has 0 saturated heterocycles. The first kappa shape index (κ1) is 15.7. The lowest BCUT2D eigenvalue weighted by molar-refractivity contribution is -0.126. The number of anilines is 1. The number of amides is 1. The highest BCUT2D eigenvalue weighted by Gasteiger charge is 2.36. The number of nitrogens with zero attached hydrogens (tertiary/aromatic N) is 1. The average molecular weight is 311 g/mol. The Morgan fingerprint density at radius 1 is 1.24 bits per heavy atom. The molecule has 0 N–H and O–H groups in total. The van der Waals surface area contributed by atoms with Crippen molar-refractivity contribution in [3.63, 3.8) is 0 Å². The Bertz CT molecular complexity index is 672. The van der Waals surface area contributed by atoms with Crippen LogP contribution in [-0.2, 0) is 14.6 Å². The summed E-state index contributed by atoms with van der Waals surface area (Å²) in [6.07, 6.45) is 1.50. The molecule has 0 fully saturated rings. The Morgan fingerprint density at radius 3 is 2.24 bits per heavy atom. The molecule has 1 aromatic rings. The molecule has 0 unspecified atom stereocenters. The Kier molecular flexibility index (Phi) is 3.93. The third-order valence-corrected chi connectivity index (χ3v) is 4.59. The molecule has 21 heavy (non-hydrogen) atoms. The lowest BCUT2D eigenvalue weighted by atomic mass is 9.93. The fraction of sp³-hybridized carbons (Fsp3) is 0.400. The van der Waals surface area contributed by atoms with Crippen molar-refractivity contribution in [2.45, 2.75) is 26.8 Å². The van der Waals surface area contributed by atoms with Crippen LogP contribution in [0.2, 0.25) is 0 Å². The first-order valence-corrected chi connectivity index (χ1v) is 8.32. The monoisotopic (exact) mass is 311 g/mol. The zero-order valence-electron chi connectivity index (χ0n) is 12.2. The van der Waals surface area contributed by atoms with Gasteiger partial charge < -0.3 is 4.90 Å². The van der Waals surface area contributed by atoms with E-state index in [4.69, 9.17) is 0 Å². The lowest BCUT2D eigenvalue weighted by Gasteiger charge is -2.33. The second kappa shape index (κ2) is 5.26. The molecule has 114 valence electrons. The minimum atomic E-state index is -3.28. The van der Waals surface area contributed by atoms with Gasteiger partial charge in [-0.2, -0.15) is 0 Å². The summed E-state index contributed by atoms with van der Waals surface area (Å²) in [5.74, 6) is -0.760. The fourth-order valence-corrected chi connectivity index (χ4v) is 3.41. The SMILES string of the molecule is CC(C)(C)C(=O)N(c1ccc(F)cc1)[C@H]1C=CS(=O)(=O)C1. The summed E-state index contributed by atoms with van der Waals surface area (Å²) >= 11 is 0. The number of carbonyl (C=O) groups excluding carboxylic acids is 1. The maximum atomic E-state index is 13.1. The molecule has 1 amide bonds. The van der Waals surface area contributed by atoms with E-state index in [0.29, 0.717) is 5.69 Å². The Morgan fingerprint density at radius 2 is 1.81 bits per heavy atom. The summed E-state index contributed by atoms with van der Waals surface area (Å²) in [5, 5.41) is 1.13. The summed E-state index contributed by atoms with van der Waals surface area (Å²) in [6.45, 7) is 5.29. The van der Waals surface area contributed by atoms with Crippen molar-refractivity contribution in [1.82, 2.24) is 0 Å². The highest BCUT2D eigenvalue weighted by atomic mass is 32.2. The van der Waals surface area contributed by atoms with Crippen molar-refractivity contribution in [1.29, 1.82) is 0 Å². The van der Waals surface area contributed by atoms with E-state index in [2.05, 4.69) is 0 Å². The highest BCUT2D eigenvalue weighted by Crippen LogP contribution is 2.28. The molecular weight excluding hydrogens is 293 g/mol. The smallest absolute Gasteiger partial charge is 0.232 e. The fourth-order valence-electron chi connectivity index (χ4n) is 2.14. The Labute approximate surface area is 124 Å². The number of hydrogen-bond acceptors (Lipinski definition) is 3. The van der Waals surface area contributed by atoms with Gasteiger partial charge in [0.25, 0.3) is 0 Å². The predicted molar refractivity (Wildman–Crippen MR) is 80.1 cm³/mol. The molecule has 1 aliphatic heterocycles. The van der Waals surface area contributed by atoms with Gasteiger partial charge in [-0.15, -0.1) is 0 Å².